The van der Waals surface area contributed by atoms with Crippen molar-refractivity contribution in [3.63, 3.8) is 0 Å². The minimum atomic E-state index is 0.375. The lowest BCUT2D eigenvalue weighted by molar-refractivity contribution is 0.0500. The molecule has 1 N–H and O–H groups in total. The second-order valence-electron chi connectivity index (χ2n) is 4.31. The van der Waals surface area contributed by atoms with Gasteiger partial charge in [0, 0.05) is 12.6 Å². The third-order valence-electron chi connectivity index (χ3n) is 2.78. The maximum absolute atomic E-state index is 5.81. The van der Waals surface area contributed by atoms with Gasteiger partial charge >= 0.3 is 0 Å². The molecule has 15 heavy (non-hydrogen) atoms. The van der Waals surface area contributed by atoms with Crippen molar-refractivity contribution >= 4 is 0 Å². The van der Waals surface area contributed by atoms with Crippen LogP contribution in [-0.4, -0.2) is 28.7 Å². The average Bonchev–Trinajstić information content (AvgIpc) is 2.86. The molecule has 84 valence electrons. The van der Waals surface area contributed by atoms with Crippen LogP contribution in [0.3, 0.4) is 0 Å². The van der Waals surface area contributed by atoms with Crippen molar-refractivity contribution in [2.75, 3.05) is 13.1 Å². The highest BCUT2D eigenvalue weighted by molar-refractivity contribution is 4.98. The van der Waals surface area contributed by atoms with Crippen LogP contribution in [-0.2, 0) is 11.3 Å². The summed E-state index contributed by atoms with van der Waals surface area (Å²) in [4.78, 5) is 4.16. The Balaban J connectivity index is 1.89. The van der Waals surface area contributed by atoms with Gasteiger partial charge in [-0.1, -0.05) is 0 Å². The van der Waals surface area contributed by atoms with Gasteiger partial charge in [0.15, 0.2) is 0 Å². The van der Waals surface area contributed by atoms with Crippen LogP contribution >= 0.6 is 0 Å². The summed E-state index contributed by atoms with van der Waals surface area (Å²) in [6.07, 6.45) is 5.26. The van der Waals surface area contributed by atoms with Crippen molar-refractivity contribution in [3.8, 4) is 0 Å². The van der Waals surface area contributed by atoms with Gasteiger partial charge in [0.25, 0.3) is 0 Å². The molecule has 1 saturated heterocycles. The average molecular weight is 209 g/mol. The molecular weight excluding hydrogens is 190 g/mol. The molecule has 2 rings (SSSR count). The van der Waals surface area contributed by atoms with E-state index in [0.29, 0.717) is 18.8 Å². The number of nitrogens with zero attached hydrogens (tertiary/aromatic N) is 2. The van der Waals surface area contributed by atoms with Gasteiger partial charge in [-0.3, -0.25) is 0 Å². The minimum Gasteiger partial charge on any atom is -0.371 e. The van der Waals surface area contributed by atoms with Gasteiger partial charge in [0.2, 0.25) is 0 Å². The van der Waals surface area contributed by atoms with Crippen LogP contribution in [0.15, 0.2) is 12.5 Å². The fraction of sp³-hybridized carbons (Fsp3) is 0.727. The quantitative estimate of drug-likeness (QED) is 0.813. The first kappa shape index (κ1) is 10.6. The fourth-order valence-corrected chi connectivity index (χ4v) is 1.88. The number of rotatable bonds is 4. The molecule has 1 aromatic rings. The van der Waals surface area contributed by atoms with Gasteiger partial charge in [0.05, 0.1) is 30.9 Å². The van der Waals surface area contributed by atoms with Gasteiger partial charge < -0.3 is 14.6 Å². The predicted octanol–water partition coefficient (Wildman–Crippen LogP) is 1.34. The molecule has 0 radical (unpaired) electrons. The number of nitrogens with one attached hydrogen (secondary N) is 1. The highest BCUT2D eigenvalue weighted by atomic mass is 16.5. The molecule has 1 aromatic heterocycles. The van der Waals surface area contributed by atoms with Crippen molar-refractivity contribution in [1.29, 1.82) is 0 Å². The Bertz CT molecular complexity index is 303. The third-order valence-corrected chi connectivity index (χ3v) is 2.78. The van der Waals surface area contributed by atoms with Crippen LogP contribution in [0.1, 0.15) is 32.0 Å². The van der Waals surface area contributed by atoms with Crippen LogP contribution in [0.25, 0.3) is 0 Å². The Kier molecular flexibility index (Phi) is 3.38. The van der Waals surface area contributed by atoms with E-state index in [-0.39, 0.29) is 0 Å². The molecule has 4 nitrogen and oxygen atoms in total. The molecule has 0 bridgehead atoms. The summed E-state index contributed by atoms with van der Waals surface area (Å²) in [6, 6.07) is 0.452. The highest BCUT2D eigenvalue weighted by Gasteiger charge is 2.15. The third kappa shape index (κ3) is 2.58. The summed E-state index contributed by atoms with van der Waals surface area (Å²) in [5.41, 5.74) is 1.16. The normalized spacial score (nSPS) is 21.4. The monoisotopic (exact) mass is 209 g/mol. The molecule has 0 aliphatic carbocycles. The lowest BCUT2D eigenvalue weighted by Crippen LogP contribution is -2.17. The van der Waals surface area contributed by atoms with Gasteiger partial charge in [-0.05, 0) is 26.8 Å². The molecule has 2 heterocycles. The first-order valence-electron chi connectivity index (χ1n) is 5.60. The van der Waals surface area contributed by atoms with E-state index in [2.05, 4.69) is 28.7 Å². The van der Waals surface area contributed by atoms with Crippen LogP contribution in [0, 0.1) is 0 Å². The van der Waals surface area contributed by atoms with E-state index in [1.165, 1.54) is 0 Å². The summed E-state index contributed by atoms with van der Waals surface area (Å²) < 4.78 is 7.97. The molecular formula is C11H19N3O. The van der Waals surface area contributed by atoms with E-state index in [0.717, 1.165) is 25.2 Å². The van der Waals surface area contributed by atoms with Gasteiger partial charge in [-0.15, -0.1) is 0 Å². The summed E-state index contributed by atoms with van der Waals surface area (Å²) in [7, 11) is 0. The van der Waals surface area contributed by atoms with Crippen LogP contribution in [0.2, 0.25) is 0 Å². The van der Waals surface area contributed by atoms with E-state index in [1.54, 1.807) is 0 Å². The van der Waals surface area contributed by atoms with E-state index in [4.69, 9.17) is 4.74 Å². The SMILES string of the molecule is CC(C)n1cncc1COC1CCNC1. The molecule has 1 aliphatic heterocycles. The first-order valence-corrected chi connectivity index (χ1v) is 5.60. The Morgan fingerprint density at radius 3 is 3.20 bits per heavy atom. The first-order chi connectivity index (χ1) is 7.27. The molecule has 0 aromatic carbocycles. The predicted molar refractivity (Wildman–Crippen MR) is 58.7 cm³/mol. The maximum Gasteiger partial charge on any atom is 0.0951 e. The zero-order chi connectivity index (χ0) is 10.7. The standard InChI is InChI=1S/C11H19N3O/c1-9(2)14-8-13-5-10(14)7-15-11-3-4-12-6-11/h5,8-9,11-12H,3-4,6-7H2,1-2H3. The van der Waals surface area contributed by atoms with E-state index in [9.17, 15) is 0 Å². The fourth-order valence-electron chi connectivity index (χ4n) is 1.88. The molecule has 1 fully saturated rings. The van der Waals surface area contributed by atoms with E-state index < -0.39 is 0 Å². The number of hydrogen-bond donors (Lipinski definition) is 1. The van der Waals surface area contributed by atoms with Crippen LogP contribution in [0.4, 0.5) is 0 Å². The molecule has 1 unspecified atom stereocenters. The summed E-state index contributed by atoms with van der Waals surface area (Å²) in [5, 5.41) is 3.29. The Hall–Kier alpha value is -0.870. The highest BCUT2D eigenvalue weighted by Crippen LogP contribution is 2.12. The molecule has 0 saturated carbocycles. The Morgan fingerprint density at radius 1 is 1.67 bits per heavy atom. The maximum atomic E-state index is 5.81. The van der Waals surface area contributed by atoms with Crippen molar-refractivity contribution in [1.82, 2.24) is 14.9 Å². The lowest BCUT2D eigenvalue weighted by Gasteiger charge is -2.14. The smallest absolute Gasteiger partial charge is 0.0951 e. The molecule has 1 atom stereocenters. The van der Waals surface area contributed by atoms with Crippen molar-refractivity contribution in [2.45, 2.75) is 39.0 Å². The van der Waals surface area contributed by atoms with Crippen LogP contribution < -0.4 is 5.32 Å². The van der Waals surface area contributed by atoms with Gasteiger partial charge in [0.1, 0.15) is 0 Å². The second kappa shape index (κ2) is 4.77. The molecule has 1 aliphatic rings. The number of aromatic nitrogens is 2. The molecule has 0 amide bonds. The number of imidazole rings is 1. The van der Waals surface area contributed by atoms with Gasteiger partial charge in [-0.2, -0.15) is 0 Å². The molecule has 4 heteroatoms. The summed E-state index contributed by atoms with van der Waals surface area (Å²) in [6.45, 7) is 7.04. The zero-order valence-corrected chi connectivity index (χ0v) is 9.44. The zero-order valence-electron chi connectivity index (χ0n) is 9.44. The largest absolute Gasteiger partial charge is 0.371 e. The van der Waals surface area contributed by atoms with Crippen LogP contribution in [0.5, 0.6) is 0 Å². The van der Waals surface area contributed by atoms with Crippen molar-refractivity contribution in [2.24, 2.45) is 0 Å². The van der Waals surface area contributed by atoms with Crippen molar-refractivity contribution < 1.29 is 4.74 Å². The molecule has 0 spiro atoms. The lowest BCUT2D eigenvalue weighted by atomic mass is 10.3. The summed E-state index contributed by atoms with van der Waals surface area (Å²) >= 11 is 0. The Labute approximate surface area is 90.6 Å². The van der Waals surface area contributed by atoms with E-state index in [1.807, 2.05) is 12.5 Å². The van der Waals surface area contributed by atoms with Crippen molar-refractivity contribution in [3.05, 3.63) is 18.2 Å². The minimum absolute atomic E-state index is 0.375. The summed E-state index contributed by atoms with van der Waals surface area (Å²) in [5.74, 6) is 0. The second-order valence-corrected chi connectivity index (χ2v) is 4.31. The van der Waals surface area contributed by atoms with E-state index >= 15 is 0 Å². The number of hydrogen-bond acceptors (Lipinski definition) is 3. The van der Waals surface area contributed by atoms with Gasteiger partial charge in [-0.25, -0.2) is 4.98 Å². The Morgan fingerprint density at radius 2 is 2.53 bits per heavy atom. The number of ether oxygens (including phenoxy) is 1. The topological polar surface area (TPSA) is 39.1 Å².